The summed E-state index contributed by atoms with van der Waals surface area (Å²) in [5.74, 6) is -2.73. The number of carbonyl (C=O) groups is 3. The first-order valence-electron chi connectivity index (χ1n) is 9.17. The summed E-state index contributed by atoms with van der Waals surface area (Å²) in [6, 6.07) is -1.87. The normalized spacial score (nSPS) is 24.3. The Hall–Kier alpha value is -1.83. The third kappa shape index (κ3) is 11.1. The van der Waals surface area contributed by atoms with Gasteiger partial charge in [0.05, 0.1) is 6.10 Å². The number of rotatable bonds is 8. The van der Waals surface area contributed by atoms with Crippen LogP contribution < -0.4 is 21.8 Å². The third-order valence-electron chi connectivity index (χ3n) is 4.21. The van der Waals surface area contributed by atoms with Crippen LogP contribution in [0.2, 0.25) is 0 Å². The minimum Gasteiger partial charge on any atom is -0.480 e. The summed E-state index contributed by atoms with van der Waals surface area (Å²) in [5, 5.41) is 47.9. The second-order valence-electron chi connectivity index (χ2n) is 6.42. The van der Waals surface area contributed by atoms with Crippen LogP contribution >= 0.6 is 0 Å². The lowest BCUT2D eigenvalue weighted by molar-refractivity contribution is -0.143. The van der Waals surface area contributed by atoms with Crippen LogP contribution in [0.25, 0.3) is 0 Å². The number of nitrogens with two attached hydrogens (primary N) is 1. The van der Waals surface area contributed by atoms with E-state index in [0.29, 0.717) is 32.4 Å². The average Bonchev–Trinajstić information content (AvgIpc) is 3.31. The molecular weight excluding hydrogens is 376 g/mol. The van der Waals surface area contributed by atoms with Crippen LogP contribution in [0.15, 0.2) is 0 Å². The molecule has 1 unspecified atom stereocenters. The fourth-order valence-corrected chi connectivity index (χ4v) is 2.57. The summed E-state index contributed by atoms with van der Waals surface area (Å²) < 4.78 is 0. The number of hydrogen-bond donors (Lipinski definition) is 9. The van der Waals surface area contributed by atoms with Crippen molar-refractivity contribution in [3.8, 4) is 0 Å². The van der Waals surface area contributed by atoms with Gasteiger partial charge in [-0.3, -0.25) is 14.4 Å². The molecule has 0 aromatic heterocycles. The van der Waals surface area contributed by atoms with Gasteiger partial charge in [-0.25, -0.2) is 0 Å². The van der Waals surface area contributed by atoms with Gasteiger partial charge in [0.1, 0.15) is 18.1 Å². The van der Waals surface area contributed by atoms with Crippen LogP contribution in [0, 0.1) is 0 Å². The van der Waals surface area contributed by atoms with Crippen LogP contribution in [0.4, 0.5) is 0 Å². The van der Waals surface area contributed by atoms with E-state index in [1.807, 2.05) is 0 Å². The zero-order valence-electron chi connectivity index (χ0n) is 15.7. The molecule has 2 aliphatic heterocycles. The van der Waals surface area contributed by atoms with E-state index in [-0.39, 0.29) is 6.04 Å². The highest BCUT2D eigenvalue weighted by Crippen LogP contribution is 2.05. The minimum absolute atomic E-state index is 0.269. The summed E-state index contributed by atoms with van der Waals surface area (Å²) in [5.41, 5.74) is 6.92. The van der Waals surface area contributed by atoms with E-state index in [0.717, 1.165) is 25.8 Å². The Bertz CT molecular complexity index is 474. The molecule has 2 saturated heterocycles. The molecule has 12 heteroatoms. The number of unbranched alkanes of at least 4 members (excludes halogenated alkanes) is 1. The quantitative estimate of drug-likeness (QED) is 0.160. The Labute approximate surface area is 163 Å². The lowest BCUT2D eigenvalue weighted by Crippen LogP contribution is -2.38. The van der Waals surface area contributed by atoms with Crippen LogP contribution in [-0.2, 0) is 14.4 Å². The zero-order valence-corrected chi connectivity index (χ0v) is 15.7. The van der Waals surface area contributed by atoms with Crippen molar-refractivity contribution in [3.05, 3.63) is 0 Å². The number of hydroxylamine groups is 1. The van der Waals surface area contributed by atoms with Gasteiger partial charge in [-0.05, 0) is 58.2 Å². The average molecular weight is 408 g/mol. The summed E-state index contributed by atoms with van der Waals surface area (Å²) >= 11 is 0. The first-order valence-corrected chi connectivity index (χ1v) is 9.17. The standard InChI is InChI=1S/C6H14N2O3.C5H9NO3.C5H9NO2/c7-4-2-1-3-5(8-11)6(9)10;7-3-1-2-6-4(3)5(8)9;7-5(8)4-2-1-3-6-4/h5,8,11H,1-4,7H2,(H,9,10);3-4,6-7H,1-2H2,(H,8,9);4,6H,1-3H2,(H,7,8)/t5-;3?,4-;4-/m000/s1. The zero-order chi connectivity index (χ0) is 21.5. The van der Waals surface area contributed by atoms with E-state index in [2.05, 4.69) is 10.6 Å². The van der Waals surface area contributed by atoms with Gasteiger partial charge in [-0.1, -0.05) is 0 Å². The highest BCUT2D eigenvalue weighted by Gasteiger charge is 2.30. The fraction of sp³-hybridized carbons (Fsp3) is 0.812. The predicted molar refractivity (Wildman–Crippen MR) is 98.0 cm³/mol. The molecule has 0 aromatic carbocycles. The Morgan fingerprint density at radius 3 is 2.00 bits per heavy atom. The third-order valence-corrected chi connectivity index (χ3v) is 4.21. The molecule has 164 valence electrons. The molecule has 0 aliphatic carbocycles. The highest BCUT2D eigenvalue weighted by molar-refractivity contribution is 5.74. The smallest absolute Gasteiger partial charge is 0.323 e. The summed E-state index contributed by atoms with van der Waals surface area (Å²) in [6.07, 6.45) is 3.52. The molecule has 0 amide bonds. The van der Waals surface area contributed by atoms with Gasteiger partial charge in [0.25, 0.3) is 0 Å². The maximum Gasteiger partial charge on any atom is 0.323 e. The minimum atomic E-state index is -1.04. The van der Waals surface area contributed by atoms with Crippen molar-refractivity contribution in [2.75, 3.05) is 19.6 Å². The van der Waals surface area contributed by atoms with Crippen molar-refractivity contribution < 1.29 is 40.0 Å². The SMILES string of the molecule is NCCCC[C@H](NO)C(=O)O.O=C(O)[C@@H]1CCCN1.O=C(O)[C@H]1NCCC1O. The second-order valence-corrected chi connectivity index (χ2v) is 6.42. The van der Waals surface area contributed by atoms with Gasteiger partial charge >= 0.3 is 17.9 Å². The van der Waals surface area contributed by atoms with Gasteiger partial charge in [-0.2, -0.15) is 5.48 Å². The van der Waals surface area contributed by atoms with Crippen LogP contribution in [-0.4, -0.2) is 87.4 Å². The summed E-state index contributed by atoms with van der Waals surface area (Å²) in [7, 11) is 0. The Morgan fingerprint density at radius 2 is 1.71 bits per heavy atom. The monoisotopic (exact) mass is 408 g/mol. The largest absolute Gasteiger partial charge is 0.480 e. The van der Waals surface area contributed by atoms with Gasteiger partial charge in [0, 0.05) is 0 Å². The molecule has 0 aromatic rings. The molecular formula is C16H32N4O8. The Morgan fingerprint density at radius 1 is 1.04 bits per heavy atom. The van der Waals surface area contributed by atoms with E-state index < -0.39 is 36.1 Å². The van der Waals surface area contributed by atoms with Crippen molar-refractivity contribution in [1.29, 1.82) is 0 Å². The molecule has 10 N–H and O–H groups in total. The summed E-state index contributed by atoms with van der Waals surface area (Å²) in [6.45, 7) is 2.01. The number of aliphatic hydroxyl groups excluding tert-OH is 1. The Balaban J connectivity index is 0.000000395. The van der Waals surface area contributed by atoms with Crippen molar-refractivity contribution in [1.82, 2.24) is 16.1 Å². The van der Waals surface area contributed by atoms with E-state index in [9.17, 15) is 14.4 Å². The highest BCUT2D eigenvalue weighted by atomic mass is 16.5. The maximum absolute atomic E-state index is 10.3. The van der Waals surface area contributed by atoms with Gasteiger partial charge in [0.2, 0.25) is 0 Å². The molecule has 2 rings (SSSR count). The number of aliphatic carboxylic acids is 3. The first-order chi connectivity index (χ1) is 13.2. The first kappa shape index (κ1) is 26.2. The lowest BCUT2D eigenvalue weighted by Gasteiger charge is -2.08. The maximum atomic E-state index is 10.3. The molecule has 28 heavy (non-hydrogen) atoms. The van der Waals surface area contributed by atoms with Crippen molar-refractivity contribution in [2.45, 2.75) is 62.8 Å². The van der Waals surface area contributed by atoms with E-state index in [1.165, 1.54) is 0 Å². The summed E-state index contributed by atoms with van der Waals surface area (Å²) in [4.78, 5) is 30.6. The lowest BCUT2D eigenvalue weighted by atomic mass is 10.1. The van der Waals surface area contributed by atoms with E-state index >= 15 is 0 Å². The number of nitrogens with one attached hydrogen (secondary N) is 3. The molecule has 0 saturated carbocycles. The Kier molecular flexibility index (Phi) is 14.1. The van der Waals surface area contributed by atoms with Crippen molar-refractivity contribution >= 4 is 17.9 Å². The predicted octanol–water partition coefficient (Wildman–Crippen LogP) is -1.84. The number of aliphatic hydroxyl groups is 1. The van der Waals surface area contributed by atoms with Crippen molar-refractivity contribution in [3.63, 3.8) is 0 Å². The number of carboxylic acids is 3. The second kappa shape index (κ2) is 15.1. The molecule has 0 bridgehead atoms. The molecule has 2 fully saturated rings. The van der Waals surface area contributed by atoms with Gasteiger partial charge < -0.3 is 42.0 Å². The van der Waals surface area contributed by atoms with Crippen LogP contribution in [0.5, 0.6) is 0 Å². The molecule has 12 nitrogen and oxygen atoms in total. The van der Waals surface area contributed by atoms with Crippen molar-refractivity contribution in [2.24, 2.45) is 5.73 Å². The number of hydrogen-bond acceptors (Lipinski definition) is 9. The number of carboxylic acid groups (broad SMARTS) is 3. The van der Waals surface area contributed by atoms with Crippen LogP contribution in [0.1, 0.15) is 38.5 Å². The van der Waals surface area contributed by atoms with E-state index in [4.69, 9.17) is 31.4 Å². The van der Waals surface area contributed by atoms with E-state index in [1.54, 1.807) is 5.48 Å². The molecule has 4 atom stereocenters. The molecule has 2 aliphatic rings. The van der Waals surface area contributed by atoms with Gasteiger partial charge in [-0.15, -0.1) is 0 Å². The molecule has 0 radical (unpaired) electrons. The topological polar surface area (TPSA) is 214 Å². The van der Waals surface area contributed by atoms with Gasteiger partial charge in [0.15, 0.2) is 0 Å². The molecule has 2 heterocycles. The molecule has 0 spiro atoms. The fourth-order valence-electron chi connectivity index (χ4n) is 2.57. The van der Waals surface area contributed by atoms with Crippen LogP contribution in [0.3, 0.4) is 0 Å².